The zero-order valence-corrected chi connectivity index (χ0v) is 17.0. The second-order valence-corrected chi connectivity index (χ2v) is 6.43. The molecule has 0 unspecified atom stereocenters. The van der Waals surface area contributed by atoms with Gasteiger partial charge in [0.05, 0.1) is 7.11 Å². The highest BCUT2D eigenvalue weighted by Gasteiger charge is 2.14. The average molecular weight is 390 g/mol. The van der Waals surface area contributed by atoms with Crippen molar-refractivity contribution in [1.82, 2.24) is 0 Å². The van der Waals surface area contributed by atoms with E-state index in [1.54, 1.807) is 18.2 Å². The summed E-state index contributed by atoms with van der Waals surface area (Å²) in [4.78, 5) is 35.4. The third-order valence-corrected chi connectivity index (χ3v) is 4.00. The molecular weight excluding hydrogens is 360 g/mol. The molecule has 0 aromatic heterocycles. The van der Waals surface area contributed by atoms with E-state index < -0.39 is 5.97 Å². The molecule has 0 saturated carbocycles. The summed E-state index contributed by atoms with van der Waals surface area (Å²) in [5.74, 6) is -0.886. The topological polar surface area (TPSA) is 78.9 Å². The van der Waals surface area contributed by atoms with Crippen molar-refractivity contribution < 1.29 is 28.6 Å². The van der Waals surface area contributed by atoms with E-state index in [2.05, 4.69) is 18.6 Å². The Balaban J connectivity index is 2.92. The smallest absolute Gasteiger partial charge is 0.330 e. The number of ether oxygens (including phenoxy) is 3. The summed E-state index contributed by atoms with van der Waals surface area (Å²) in [6.07, 6.45) is 8.79. The van der Waals surface area contributed by atoms with Gasteiger partial charge in [0.2, 0.25) is 0 Å². The zero-order valence-electron chi connectivity index (χ0n) is 17.0. The van der Waals surface area contributed by atoms with Crippen LogP contribution in [0.4, 0.5) is 0 Å². The molecule has 0 bridgehead atoms. The number of hydrogen-bond donors (Lipinski definition) is 0. The summed E-state index contributed by atoms with van der Waals surface area (Å²) in [7, 11) is 1.29. The predicted octanol–water partition coefficient (Wildman–Crippen LogP) is 4.84. The fourth-order valence-electron chi connectivity index (χ4n) is 2.41. The van der Waals surface area contributed by atoms with Gasteiger partial charge >= 0.3 is 17.9 Å². The molecule has 6 nitrogen and oxygen atoms in total. The lowest BCUT2D eigenvalue weighted by atomic mass is 10.1. The van der Waals surface area contributed by atoms with Gasteiger partial charge in [0.15, 0.2) is 11.5 Å². The number of carbonyl (C=O) groups excluding carboxylic acids is 3. The molecule has 0 radical (unpaired) electrons. The molecule has 0 amide bonds. The first-order chi connectivity index (χ1) is 13.5. The van der Waals surface area contributed by atoms with Crippen LogP contribution in [0.15, 0.2) is 24.3 Å². The maximum atomic E-state index is 12.1. The summed E-state index contributed by atoms with van der Waals surface area (Å²) in [5.41, 5.74) is 0.618. The third kappa shape index (κ3) is 9.35. The number of carbonyl (C=O) groups is 3. The van der Waals surface area contributed by atoms with Crippen LogP contribution in [0, 0.1) is 0 Å². The molecule has 1 rings (SSSR count). The van der Waals surface area contributed by atoms with Gasteiger partial charge in [-0.25, -0.2) is 4.79 Å². The van der Waals surface area contributed by atoms with Crippen LogP contribution < -0.4 is 9.47 Å². The van der Waals surface area contributed by atoms with Gasteiger partial charge in [-0.15, -0.1) is 0 Å². The highest BCUT2D eigenvalue weighted by molar-refractivity contribution is 5.87. The van der Waals surface area contributed by atoms with Crippen LogP contribution in [0.2, 0.25) is 0 Å². The largest absolute Gasteiger partial charge is 0.466 e. The fraction of sp³-hybridized carbons (Fsp3) is 0.500. The molecule has 0 saturated heterocycles. The van der Waals surface area contributed by atoms with E-state index in [1.165, 1.54) is 19.3 Å². The second kappa shape index (κ2) is 13.5. The van der Waals surface area contributed by atoms with E-state index >= 15 is 0 Å². The van der Waals surface area contributed by atoms with Crippen molar-refractivity contribution in [2.75, 3.05) is 7.11 Å². The van der Waals surface area contributed by atoms with E-state index in [0.29, 0.717) is 18.4 Å². The van der Waals surface area contributed by atoms with Crippen molar-refractivity contribution in [1.29, 1.82) is 0 Å². The van der Waals surface area contributed by atoms with Gasteiger partial charge in [0, 0.05) is 18.9 Å². The van der Waals surface area contributed by atoms with Gasteiger partial charge in [-0.3, -0.25) is 9.59 Å². The summed E-state index contributed by atoms with van der Waals surface area (Å²) in [6.45, 7) is 4.11. The Morgan fingerprint density at radius 2 is 1.43 bits per heavy atom. The summed E-state index contributed by atoms with van der Waals surface area (Å²) in [5, 5.41) is 0. The van der Waals surface area contributed by atoms with Crippen molar-refractivity contribution in [3.05, 3.63) is 29.8 Å². The SMILES string of the molecule is CCCCCC(=O)Oc1ccc(/C=C/C(=O)OC)cc1OC(=O)CCCCC. The van der Waals surface area contributed by atoms with Gasteiger partial charge in [-0.05, 0) is 36.6 Å². The van der Waals surface area contributed by atoms with Gasteiger partial charge < -0.3 is 14.2 Å². The quantitative estimate of drug-likeness (QED) is 0.220. The lowest BCUT2D eigenvalue weighted by Gasteiger charge is -2.11. The highest BCUT2D eigenvalue weighted by Crippen LogP contribution is 2.30. The molecule has 0 aliphatic rings. The Morgan fingerprint density at radius 1 is 0.857 bits per heavy atom. The van der Waals surface area contributed by atoms with Crippen LogP contribution in [0.25, 0.3) is 6.08 Å². The third-order valence-electron chi connectivity index (χ3n) is 4.00. The number of benzene rings is 1. The first-order valence-corrected chi connectivity index (χ1v) is 9.81. The number of unbranched alkanes of at least 4 members (excludes halogenated alkanes) is 4. The molecule has 1 aromatic carbocycles. The van der Waals surface area contributed by atoms with Crippen LogP contribution in [-0.2, 0) is 19.1 Å². The molecule has 0 spiro atoms. The average Bonchev–Trinajstić information content (AvgIpc) is 2.68. The Labute approximate surface area is 166 Å². The van der Waals surface area contributed by atoms with Crippen molar-refractivity contribution in [2.24, 2.45) is 0 Å². The first kappa shape index (κ1) is 23.4. The van der Waals surface area contributed by atoms with Gasteiger partial charge in [0.1, 0.15) is 0 Å². The first-order valence-electron chi connectivity index (χ1n) is 9.81. The van der Waals surface area contributed by atoms with Crippen LogP contribution in [0.3, 0.4) is 0 Å². The second-order valence-electron chi connectivity index (χ2n) is 6.43. The van der Waals surface area contributed by atoms with Crippen molar-refractivity contribution >= 4 is 24.0 Å². The Hall–Kier alpha value is -2.63. The minimum atomic E-state index is -0.496. The van der Waals surface area contributed by atoms with Crippen molar-refractivity contribution in [3.63, 3.8) is 0 Å². The van der Waals surface area contributed by atoms with E-state index in [1.807, 2.05) is 0 Å². The van der Waals surface area contributed by atoms with Crippen molar-refractivity contribution in [2.45, 2.75) is 65.2 Å². The molecule has 1 aromatic rings. The number of methoxy groups -OCH3 is 1. The molecule has 6 heteroatoms. The van der Waals surface area contributed by atoms with E-state index in [-0.39, 0.29) is 23.4 Å². The van der Waals surface area contributed by atoms with Gasteiger partial charge in [0.25, 0.3) is 0 Å². The normalized spacial score (nSPS) is 10.7. The number of esters is 3. The summed E-state index contributed by atoms with van der Waals surface area (Å²) >= 11 is 0. The van der Waals surface area contributed by atoms with E-state index in [4.69, 9.17) is 9.47 Å². The van der Waals surface area contributed by atoms with Crippen LogP contribution in [0.5, 0.6) is 11.5 Å². The fourth-order valence-corrected chi connectivity index (χ4v) is 2.41. The van der Waals surface area contributed by atoms with Crippen LogP contribution in [-0.4, -0.2) is 25.0 Å². The Bertz CT molecular complexity index is 678. The van der Waals surface area contributed by atoms with E-state index in [0.717, 1.165) is 38.5 Å². The summed E-state index contributed by atoms with van der Waals surface area (Å²) in [6, 6.07) is 4.79. The summed E-state index contributed by atoms with van der Waals surface area (Å²) < 4.78 is 15.4. The lowest BCUT2D eigenvalue weighted by molar-refractivity contribution is -0.137. The molecule has 0 N–H and O–H groups in total. The lowest BCUT2D eigenvalue weighted by Crippen LogP contribution is -2.12. The van der Waals surface area contributed by atoms with Crippen LogP contribution in [0.1, 0.15) is 70.8 Å². The highest BCUT2D eigenvalue weighted by atomic mass is 16.6. The molecule has 0 atom stereocenters. The maximum absolute atomic E-state index is 12.1. The number of rotatable bonds is 12. The predicted molar refractivity (Wildman–Crippen MR) is 107 cm³/mol. The molecule has 0 aliphatic heterocycles. The van der Waals surface area contributed by atoms with Gasteiger partial charge in [-0.2, -0.15) is 0 Å². The monoisotopic (exact) mass is 390 g/mol. The van der Waals surface area contributed by atoms with Crippen molar-refractivity contribution in [3.8, 4) is 11.5 Å². The zero-order chi connectivity index (χ0) is 20.8. The minimum Gasteiger partial charge on any atom is -0.466 e. The molecule has 154 valence electrons. The molecule has 0 aliphatic carbocycles. The Kier molecular flexibility index (Phi) is 11.3. The minimum absolute atomic E-state index is 0.164. The van der Waals surface area contributed by atoms with E-state index in [9.17, 15) is 14.4 Å². The standard InChI is InChI=1S/C22H30O6/c1-4-6-8-10-21(24)27-18-14-12-17(13-15-20(23)26-3)16-19(18)28-22(25)11-9-7-5-2/h12-16H,4-11H2,1-3H3/b15-13+. The molecule has 0 heterocycles. The number of hydrogen-bond acceptors (Lipinski definition) is 6. The van der Waals surface area contributed by atoms with Gasteiger partial charge in [-0.1, -0.05) is 45.6 Å². The molecule has 0 fully saturated rings. The molecular formula is C22H30O6. The van der Waals surface area contributed by atoms with Crippen LogP contribution >= 0.6 is 0 Å². The Morgan fingerprint density at radius 3 is 1.96 bits per heavy atom. The molecule has 28 heavy (non-hydrogen) atoms. The maximum Gasteiger partial charge on any atom is 0.330 e.